The third kappa shape index (κ3) is 5.63. The van der Waals surface area contributed by atoms with E-state index >= 15 is 0 Å². The summed E-state index contributed by atoms with van der Waals surface area (Å²) in [5.74, 6) is -0.608. The monoisotopic (exact) mass is 575 g/mol. The first-order chi connectivity index (χ1) is 17.8. The van der Waals surface area contributed by atoms with Crippen molar-refractivity contribution in [1.82, 2.24) is 10.2 Å². The van der Waals surface area contributed by atoms with Crippen LogP contribution < -0.4 is 9.62 Å². The van der Waals surface area contributed by atoms with E-state index in [4.69, 9.17) is 23.2 Å². The second kappa shape index (κ2) is 10.8. The maximum absolute atomic E-state index is 13.5. The minimum Gasteiger partial charge on any atom is -0.350 e. The van der Waals surface area contributed by atoms with E-state index in [-0.39, 0.29) is 42.6 Å². The van der Waals surface area contributed by atoms with Crippen LogP contribution in [0.3, 0.4) is 0 Å². The maximum Gasteiger partial charge on any atom is 0.265 e. The molecule has 1 unspecified atom stereocenters. The molecule has 0 bridgehead atoms. The van der Waals surface area contributed by atoms with Crippen molar-refractivity contribution in [3.63, 3.8) is 0 Å². The van der Waals surface area contributed by atoms with E-state index in [0.717, 1.165) is 5.39 Å². The average Bonchev–Trinajstić information content (AvgIpc) is 3.05. The molecule has 202 valence electrons. The smallest absolute Gasteiger partial charge is 0.265 e. The lowest BCUT2D eigenvalue weighted by Crippen LogP contribution is -2.52. The van der Waals surface area contributed by atoms with Gasteiger partial charge in [-0.05, 0) is 63.8 Å². The van der Waals surface area contributed by atoms with Gasteiger partial charge in [-0.15, -0.1) is 0 Å². The molecule has 1 N–H and O–H groups in total. The van der Waals surface area contributed by atoms with Gasteiger partial charge >= 0.3 is 0 Å². The van der Waals surface area contributed by atoms with Crippen LogP contribution in [0.25, 0.3) is 10.8 Å². The van der Waals surface area contributed by atoms with E-state index < -0.39 is 21.6 Å². The predicted molar refractivity (Wildman–Crippen MR) is 152 cm³/mol. The van der Waals surface area contributed by atoms with Crippen LogP contribution in [-0.2, 0) is 26.2 Å². The van der Waals surface area contributed by atoms with Crippen molar-refractivity contribution in [3.05, 3.63) is 70.2 Å². The molecule has 1 heterocycles. The lowest BCUT2D eigenvalue weighted by Gasteiger charge is -2.32. The van der Waals surface area contributed by atoms with Gasteiger partial charge in [-0.3, -0.25) is 13.9 Å². The molecule has 4 rings (SSSR count). The number of sulfonamides is 1. The largest absolute Gasteiger partial charge is 0.350 e. The fourth-order valence-corrected chi connectivity index (χ4v) is 6.89. The van der Waals surface area contributed by atoms with Gasteiger partial charge in [0, 0.05) is 46.0 Å². The molecule has 0 aromatic heterocycles. The van der Waals surface area contributed by atoms with Gasteiger partial charge in [-0.1, -0.05) is 53.5 Å². The van der Waals surface area contributed by atoms with Gasteiger partial charge < -0.3 is 10.2 Å². The Bertz CT molecular complexity index is 1480. The molecule has 10 heteroatoms. The number of halogens is 2. The summed E-state index contributed by atoms with van der Waals surface area (Å²) in [7, 11) is -3.72. The Hall–Kier alpha value is -2.81. The van der Waals surface area contributed by atoms with E-state index in [0.29, 0.717) is 26.7 Å². The fraction of sp³-hybridized carbons (Fsp3) is 0.357. The molecule has 38 heavy (non-hydrogen) atoms. The minimum atomic E-state index is -3.72. The molecular weight excluding hydrogens is 545 g/mol. The van der Waals surface area contributed by atoms with E-state index in [9.17, 15) is 18.0 Å². The maximum atomic E-state index is 13.5. The van der Waals surface area contributed by atoms with Crippen LogP contribution in [0.2, 0.25) is 10.0 Å². The van der Waals surface area contributed by atoms with Crippen molar-refractivity contribution in [2.75, 3.05) is 10.8 Å². The Labute approximate surface area is 233 Å². The second-order valence-corrected chi connectivity index (χ2v) is 13.1. The Kier molecular flexibility index (Phi) is 7.98. The first-order valence-electron chi connectivity index (χ1n) is 12.4. The van der Waals surface area contributed by atoms with Crippen LogP contribution in [0.5, 0.6) is 0 Å². The number of rotatable bonds is 8. The molecule has 1 atom stereocenters. The second-order valence-electron chi connectivity index (χ2n) is 10.4. The van der Waals surface area contributed by atoms with Gasteiger partial charge in [0.15, 0.2) is 0 Å². The van der Waals surface area contributed by atoms with Gasteiger partial charge in [0.25, 0.3) is 10.0 Å². The number of benzene rings is 3. The Morgan fingerprint density at radius 1 is 1.00 bits per heavy atom. The van der Waals surface area contributed by atoms with Crippen molar-refractivity contribution in [2.24, 2.45) is 0 Å². The highest BCUT2D eigenvalue weighted by Crippen LogP contribution is 2.42. The van der Waals surface area contributed by atoms with Gasteiger partial charge in [-0.2, -0.15) is 0 Å². The minimum absolute atomic E-state index is 0.0353. The molecule has 0 saturated heterocycles. The fourth-order valence-electron chi connectivity index (χ4n) is 4.63. The Morgan fingerprint density at radius 3 is 2.24 bits per heavy atom. The molecule has 2 amide bonds. The molecule has 0 radical (unpaired) electrons. The van der Waals surface area contributed by atoms with Crippen LogP contribution in [0, 0.1) is 0 Å². The average molecular weight is 577 g/mol. The van der Waals surface area contributed by atoms with Gasteiger partial charge in [0.05, 0.1) is 10.6 Å². The summed E-state index contributed by atoms with van der Waals surface area (Å²) >= 11 is 12.8. The van der Waals surface area contributed by atoms with Crippen molar-refractivity contribution in [2.45, 2.75) is 63.6 Å². The zero-order valence-electron chi connectivity index (χ0n) is 21.8. The van der Waals surface area contributed by atoms with Gasteiger partial charge in [-0.25, -0.2) is 8.42 Å². The van der Waals surface area contributed by atoms with E-state index in [1.54, 1.807) is 43.3 Å². The van der Waals surface area contributed by atoms with Crippen molar-refractivity contribution < 1.29 is 18.0 Å². The summed E-state index contributed by atoms with van der Waals surface area (Å²) in [4.78, 5) is 28.2. The van der Waals surface area contributed by atoms with Gasteiger partial charge in [0.1, 0.15) is 6.04 Å². The lowest BCUT2D eigenvalue weighted by atomic mass is 10.1. The molecule has 7 nitrogen and oxygen atoms in total. The molecule has 0 saturated carbocycles. The Morgan fingerprint density at radius 2 is 1.61 bits per heavy atom. The van der Waals surface area contributed by atoms with Crippen LogP contribution in [-0.4, -0.2) is 43.3 Å². The highest BCUT2D eigenvalue weighted by atomic mass is 35.5. The van der Waals surface area contributed by atoms with E-state index in [2.05, 4.69) is 5.32 Å². The standard InChI is InChI=1S/C28H31Cl2N3O4S/c1-18(27(35)31-28(2,3)4)32(17-20-21(29)11-7-12-22(20)30)25(34)15-8-16-33-23-13-5-9-19-10-6-14-24(26(19)23)38(33,36)37/h5-7,9-14,18H,8,15-17H2,1-4H3,(H,31,35). The summed E-state index contributed by atoms with van der Waals surface area (Å²) in [5.41, 5.74) is 0.675. The summed E-state index contributed by atoms with van der Waals surface area (Å²) in [6, 6.07) is 15.0. The first-order valence-corrected chi connectivity index (χ1v) is 14.6. The van der Waals surface area contributed by atoms with E-state index in [1.807, 2.05) is 39.0 Å². The SMILES string of the molecule is CC(C(=O)NC(C)(C)C)N(Cc1c(Cl)cccc1Cl)C(=O)CCCN1c2cccc3cccc(c23)S1(=O)=O. The summed E-state index contributed by atoms with van der Waals surface area (Å²) < 4.78 is 27.9. The summed E-state index contributed by atoms with van der Waals surface area (Å²) in [6.45, 7) is 7.43. The van der Waals surface area contributed by atoms with Crippen molar-refractivity contribution in [3.8, 4) is 0 Å². The Balaban J connectivity index is 1.54. The predicted octanol–water partition coefficient (Wildman–Crippen LogP) is 5.77. The van der Waals surface area contributed by atoms with Gasteiger partial charge in [0.2, 0.25) is 11.8 Å². The molecule has 0 fully saturated rings. The molecule has 3 aromatic carbocycles. The van der Waals surface area contributed by atoms with Crippen LogP contribution in [0.1, 0.15) is 46.1 Å². The highest BCUT2D eigenvalue weighted by molar-refractivity contribution is 7.93. The quantitative estimate of drug-likeness (QED) is 0.369. The summed E-state index contributed by atoms with van der Waals surface area (Å²) in [6.07, 6.45) is 0.302. The third-order valence-electron chi connectivity index (χ3n) is 6.49. The molecule has 0 aliphatic carbocycles. The third-order valence-corrected chi connectivity index (χ3v) is 9.05. The molecule has 0 spiro atoms. The first kappa shape index (κ1) is 28.2. The lowest BCUT2D eigenvalue weighted by molar-refractivity contribution is -0.141. The number of carbonyl (C=O) groups excluding carboxylic acids is 2. The topological polar surface area (TPSA) is 86.8 Å². The van der Waals surface area contributed by atoms with Crippen molar-refractivity contribution >= 4 is 61.5 Å². The zero-order chi connectivity index (χ0) is 27.8. The number of nitrogens with zero attached hydrogens (tertiary/aromatic N) is 2. The molecule has 1 aliphatic rings. The number of anilines is 1. The van der Waals surface area contributed by atoms with Crippen LogP contribution in [0.4, 0.5) is 5.69 Å². The highest BCUT2D eigenvalue weighted by Gasteiger charge is 2.35. The van der Waals surface area contributed by atoms with Crippen LogP contribution in [0.15, 0.2) is 59.5 Å². The summed E-state index contributed by atoms with van der Waals surface area (Å²) in [5, 5.41) is 5.26. The molecule has 1 aliphatic heterocycles. The number of carbonyl (C=O) groups is 2. The molecular formula is C28H31Cl2N3O4S. The number of nitrogens with one attached hydrogen (secondary N) is 1. The zero-order valence-corrected chi connectivity index (χ0v) is 24.1. The number of hydrogen-bond donors (Lipinski definition) is 1. The van der Waals surface area contributed by atoms with Crippen molar-refractivity contribution in [1.29, 1.82) is 0 Å². The number of hydrogen-bond acceptors (Lipinski definition) is 4. The van der Waals surface area contributed by atoms with E-state index in [1.165, 1.54) is 9.21 Å². The normalized spacial score (nSPS) is 14.9. The van der Waals surface area contributed by atoms with Crippen LogP contribution >= 0.6 is 23.2 Å². The molecule has 3 aromatic rings. The number of amides is 2.